The first-order valence-corrected chi connectivity index (χ1v) is 6.59. The van der Waals surface area contributed by atoms with Gasteiger partial charge in [0.05, 0.1) is 5.75 Å². The molecule has 1 rings (SSSR count). The van der Waals surface area contributed by atoms with E-state index in [1.807, 2.05) is 0 Å². The number of nitrogens with one attached hydrogen (secondary N) is 1. The summed E-state index contributed by atoms with van der Waals surface area (Å²) in [6, 6.07) is 1.49. The van der Waals surface area contributed by atoms with Crippen LogP contribution in [0.5, 0.6) is 0 Å². The van der Waals surface area contributed by atoms with Crippen molar-refractivity contribution in [2.45, 2.75) is 6.92 Å². The summed E-state index contributed by atoms with van der Waals surface area (Å²) in [5, 5.41) is 2.83. The van der Waals surface area contributed by atoms with Crippen molar-refractivity contribution in [3.8, 4) is 0 Å². The highest BCUT2D eigenvalue weighted by molar-refractivity contribution is 7.91. The molecule has 0 fully saturated rings. The average Bonchev–Trinajstić information content (AvgIpc) is 2.16. The molecule has 0 unspecified atom stereocenters. The summed E-state index contributed by atoms with van der Waals surface area (Å²) in [6.07, 6.45) is 0. The fourth-order valence-corrected chi connectivity index (χ4v) is 1.76. The lowest BCUT2D eigenvalue weighted by molar-refractivity contribution is 0.597. The number of rotatable bonds is 5. The molecule has 1 aromatic heterocycles. The van der Waals surface area contributed by atoms with Gasteiger partial charge in [-0.15, -0.1) is 0 Å². The Labute approximate surface area is 94.2 Å². The molecule has 0 radical (unpaired) electrons. The van der Waals surface area contributed by atoms with E-state index in [-0.39, 0.29) is 29.8 Å². The van der Waals surface area contributed by atoms with Crippen molar-refractivity contribution in [1.29, 1.82) is 0 Å². The van der Waals surface area contributed by atoms with Gasteiger partial charge in [0.2, 0.25) is 5.95 Å². The molecular weight excluding hydrogens is 230 g/mol. The summed E-state index contributed by atoms with van der Waals surface area (Å²) in [5.41, 5.74) is 10.8. The molecule has 0 aliphatic heterocycles. The fourth-order valence-electron chi connectivity index (χ4n) is 1.05. The quantitative estimate of drug-likeness (QED) is 0.638. The number of nitrogens with zero attached hydrogens (tertiary/aromatic N) is 2. The van der Waals surface area contributed by atoms with Crippen LogP contribution in [-0.4, -0.2) is 36.4 Å². The SMILES string of the molecule is CCS(=O)(=O)CCNc1cc(N)nc(N)n1. The third-order valence-electron chi connectivity index (χ3n) is 1.92. The number of nitrogen functional groups attached to an aromatic ring is 2. The normalized spacial score (nSPS) is 11.3. The van der Waals surface area contributed by atoms with Gasteiger partial charge in [-0.3, -0.25) is 0 Å². The highest BCUT2D eigenvalue weighted by Crippen LogP contribution is 2.08. The second-order valence-corrected chi connectivity index (χ2v) is 5.67. The first kappa shape index (κ1) is 12.5. The summed E-state index contributed by atoms with van der Waals surface area (Å²) in [4.78, 5) is 7.55. The molecule has 0 atom stereocenters. The Kier molecular flexibility index (Phi) is 3.88. The largest absolute Gasteiger partial charge is 0.383 e. The molecule has 0 amide bonds. The highest BCUT2D eigenvalue weighted by Gasteiger charge is 2.07. The number of nitrogens with two attached hydrogens (primary N) is 2. The summed E-state index contributed by atoms with van der Waals surface area (Å²) < 4.78 is 22.4. The first-order chi connectivity index (χ1) is 7.43. The molecule has 0 saturated heterocycles. The number of hydrogen-bond acceptors (Lipinski definition) is 7. The smallest absolute Gasteiger partial charge is 0.223 e. The molecule has 5 N–H and O–H groups in total. The van der Waals surface area contributed by atoms with Gasteiger partial charge in [-0.1, -0.05) is 6.92 Å². The van der Waals surface area contributed by atoms with E-state index in [0.29, 0.717) is 5.82 Å². The lowest BCUT2D eigenvalue weighted by atomic mass is 10.5. The molecule has 16 heavy (non-hydrogen) atoms. The lowest BCUT2D eigenvalue weighted by Crippen LogP contribution is -2.18. The third kappa shape index (κ3) is 3.89. The van der Waals surface area contributed by atoms with Gasteiger partial charge < -0.3 is 16.8 Å². The number of sulfone groups is 1. The minimum absolute atomic E-state index is 0.0489. The van der Waals surface area contributed by atoms with Crippen LogP contribution >= 0.6 is 0 Å². The van der Waals surface area contributed by atoms with E-state index in [1.54, 1.807) is 6.92 Å². The van der Waals surface area contributed by atoms with Crippen LogP contribution in [0.4, 0.5) is 17.6 Å². The van der Waals surface area contributed by atoms with Crippen molar-refractivity contribution in [3.63, 3.8) is 0 Å². The molecule has 90 valence electrons. The van der Waals surface area contributed by atoms with Crippen LogP contribution in [0.15, 0.2) is 6.07 Å². The van der Waals surface area contributed by atoms with Gasteiger partial charge in [0.25, 0.3) is 0 Å². The minimum Gasteiger partial charge on any atom is -0.383 e. The van der Waals surface area contributed by atoms with Gasteiger partial charge in [-0.25, -0.2) is 8.42 Å². The molecule has 0 aliphatic rings. The van der Waals surface area contributed by atoms with Crippen LogP contribution < -0.4 is 16.8 Å². The van der Waals surface area contributed by atoms with Crippen molar-refractivity contribution < 1.29 is 8.42 Å². The van der Waals surface area contributed by atoms with Crippen LogP contribution in [0.1, 0.15) is 6.92 Å². The molecule has 7 nitrogen and oxygen atoms in total. The average molecular weight is 245 g/mol. The predicted octanol–water partition coefficient (Wildman–Crippen LogP) is -0.512. The summed E-state index contributed by atoms with van der Waals surface area (Å²) >= 11 is 0. The zero-order chi connectivity index (χ0) is 12.2. The van der Waals surface area contributed by atoms with Crippen LogP contribution in [0, 0.1) is 0 Å². The molecule has 0 bridgehead atoms. The Hall–Kier alpha value is -1.57. The van der Waals surface area contributed by atoms with Gasteiger partial charge in [-0.05, 0) is 0 Å². The van der Waals surface area contributed by atoms with Crippen molar-refractivity contribution in [1.82, 2.24) is 9.97 Å². The lowest BCUT2D eigenvalue weighted by Gasteiger charge is -2.06. The molecule has 0 aromatic carbocycles. The molecule has 0 saturated carbocycles. The van der Waals surface area contributed by atoms with Gasteiger partial charge >= 0.3 is 0 Å². The molecule has 0 aliphatic carbocycles. The standard InChI is InChI=1S/C8H15N5O2S/c1-2-16(14,15)4-3-11-7-5-6(9)12-8(10)13-7/h5H,2-4H2,1H3,(H5,9,10,11,12,13). The van der Waals surface area contributed by atoms with Crippen molar-refractivity contribution in [2.24, 2.45) is 0 Å². The molecule has 8 heteroatoms. The van der Waals surface area contributed by atoms with E-state index >= 15 is 0 Å². The van der Waals surface area contributed by atoms with Crippen molar-refractivity contribution in [3.05, 3.63) is 6.07 Å². The van der Waals surface area contributed by atoms with Gasteiger partial charge in [-0.2, -0.15) is 9.97 Å². The maximum absolute atomic E-state index is 11.2. The monoisotopic (exact) mass is 245 g/mol. The molecule has 1 heterocycles. The minimum atomic E-state index is -2.98. The van der Waals surface area contributed by atoms with E-state index in [0.717, 1.165) is 0 Å². The first-order valence-electron chi connectivity index (χ1n) is 4.77. The maximum atomic E-state index is 11.2. The van der Waals surface area contributed by atoms with Crippen LogP contribution in [0.2, 0.25) is 0 Å². The fraction of sp³-hybridized carbons (Fsp3) is 0.500. The van der Waals surface area contributed by atoms with Gasteiger partial charge in [0.1, 0.15) is 11.6 Å². The topological polar surface area (TPSA) is 124 Å². The number of aromatic nitrogens is 2. The molecule has 0 spiro atoms. The Morgan fingerprint density at radius 1 is 1.38 bits per heavy atom. The number of anilines is 3. The predicted molar refractivity (Wildman–Crippen MR) is 63.7 cm³/mol. The highest BCUT2D eigenvalue weighted by atomic mass is 32.2. The zero-order valence-electron chi connectivity index (χ0n) is 8.97. The Morgan fingerprint density at radius 2 is 2.06 bits per heavy atom. The van der Waals surface area contributed by atoms with E-state index in [1.165, 1.54) is 6.07 Å². The zero-order valence-corrected chi connectivity index (χ0v) is 9.79. The van der Waals surface area contributed by atoms with E-state index in [2.05, 4.69) is 15.3 Å². The van der Waals surface area contributed by atoms with Crippen LogP contribution in [-0.2, 0) is 9.84 Å². The van der Waals surface area contributed by atoms with Gasteiger partial charge in [0.15, 0.2) is 9.84 Å². The second kappa shape index (κ2) is 4.97. The number of hydrogen-bond donors (Lipinski definition) is 3. The maximum Gasteiger partial charge on any atom is 0.223 e. The Bertz CT molecular complexity index is 439. The van der Waals surface area contributed by atoms with Crippen molar-refractivity contribution >= 4 is 27.4 Å². The van der Waals surface area contributed by atoms with E-state index in [9.17, 15) is 8.42 Å². The summed E-state index contributed by atoms with van der Waals surface area (Å²) in [6.45, 7) is 1.88. The van der Waals surface area contributed by atoms with E-state index in [4.69, 9.17) is 11.5 Å². The molecular formula is C8H15N5O2S. The summed E-state index contributed by atoms with van der Waals surface area (Å²) in [7, 11) is -2.98. The Morgan fingerprint density at radius 3 is 2.62 bits per heavy atom. The Balaban J connectivity index is 2.55. The van der Waals surface area contributed by atoms with Crippen LogP contribution in [0.25, 0.3) is 0 Å². The molecule has 1 aromatic rings. The van der Waals surface area contributed by atoms with E-state index < -0.39 is 9.84 Å². The van der Waals surface area contributed by atoms with Gasteiger partial charge in [0, 0.05) is 18.4 Å². The van der Waals surface area contributed by atoms with Crippen molar-refractivity contribution in [2.75, 3.05) is 34.8 Å². The van der Waals surface area contributed by atoms with Crippen LogP contribution in [0.3, 0.4) is 0 Å². The second-order valence-electron chi connectivity index (χ2n) is 3.20. The summed E-state index contributed by atoms with van der Waals surface area (Å²) in [5.74, 6) is 0.904. The third-order valence-corrected chi connectivity index (χ3v) is 3.63.